The molecule has 2 N–H and O–H groups in total. The average Bonchev–Trinajstić information content (AvgIpc) is 2.29. The molecule has 1 aromatic carbocycles. The molecule has 0 saturated heterocycles. The quantitative estimate of drug-likeness (QED) is 0.830. The number of rotatable bonds is 3. The number of anilines is 1. The lowest BCUT2D eigenvalue weighted by atomic mass is 10.3. The maximum absolute atomic E-state index is 5.78. The summed E-state index contributed by atoms with van der Waals surface area (Å²) in [5, 5.41) is 0.587. The van der Waals surface area contributed by atoms with Crippen LogP contribution in [0, 0.1) is 0 Å². The van der Waals surface area contributed by atoms with Crippen molar-refractivity contribution in [2.75, 3.05) is 5.73 Å². The fourth-order valence-corrected chi connectivity index (χ4v) is 1.39. The van der Waals surface area contributed by atoms with Crippen LogP contribution in [0.25, 0.3) is 0 Å². The summed E-state index contributed by atoms with van der Waals surface area (Å²) < 4.78 is 5.49. The zero-order chi connectivity index (χ0) is 11.4. The Kier molecular flexibility index (Phi) is 3.22. The summed E-state index contributed by atoms with van der Waals surface area (Å²) in [4.78, 5) is 8.03. The molecule has 0 radical (unpaired) electrons. The van der Waals surface area contributed by atoms with Crippen molar-refractivity contribution in [3.8, 4) is 5.75 Å². The van der Waals surface area contributed by atoms with Crippen molar-refractivity contribution in [3.63, 3.8) is 0 Å². The molecule has 1 heterocycles. The highest BCUT2D eigenvalue weighted by Crippen LogP contribution is 2.25. The van der Waals surface area contributed by atoms with Gasteiger partial charge in [0.15, 0.2) is 0 Å². The Labute approximate surface area is 98.0 Å². The second-order valence-corrected chi connectivity index (χ2v) is 3.60. The van der Waals surface area contributed by atoms with E-state index in [1.807, 2.05) is 0 Å². The van der Waals surface area contributed by atoms with Gasteiger partial charge in [0.2, 0.25) is 0 Å². The minimum Gasteiger partial charge on any atom is -0.485 e. The van der Waals surface area contributed by atoms with Crippen LogP contribution in [-0.2, 0) is 6.61 Å². The summed E-state index contributed by atoms with van der Waals surface area (Å²) >= 11 is 5.78. The fraction of sp³-hybridized carbons (Fsp3) is 0.0909. The van der Waals surface area contributed by atoms with Gasteiger partial charge in [-0.1, -0.05) is 11.6 Å². The van der Waals surface area contributed by atoms with E-state index in [0.29, 0.717) is 23.1 Å². The predicted molar refractivity (Wildman–Crippen MR) is 62.2 cm³/mol. The SMILES string of the molecule is Nc1cc(Cl)ccc1OCc1cnccn1. The fourth-order valence-electron chi connectivity index (χ4n) is 1.21. The van der Waals surface area contributed by atoms with E-state index < -0.39 is 0 Å². The Morgan fingerprint density at radius 1 is 1.31 bits per heavy atom. The van der Waals surface area contributed by atoms with Crippen molar-refractivity contribution >= 4 is 17.3 Å². The first-order valence-electron chi connectivity index (χ1n) is 4.68. The van der Waals surface area contributed by atoms with E-state index in [0.717, 1.165) is 5.69 Å². The number of nitrogens with zero attached hydrogens (tertiary/aromatic N) is 2. The molecule has 0 aliphatic heterocycles. The molecular weight excluding hydrogens is 226 g/mol. The van der Waals surface area contributed by atoms with Gasteiger partial charge < -0.3 is 10.5 Å². The lowest BCUT2D eigenvalue weighted by molar-refractivity contribution is 0.302. The molecule has 2 aromatic rings. The molecule has 0 bridgehead atoms. The highest BCUT2D eigenvalue weighted by molar-refractivity contribution is 6.30. The van der Waals surface area contributed by atoms with E-state index in [1.165, 1.54) is 0 Å². The van der Waals surface area contributed by atoms with Crippen molar-refractivity contribution in [1.82, 2.24) is 9.97 Å². The second kappa shape index (κ2) is 4.81. The standard InChI is InChI=1S/C11H10ClN3O/c12-8-1-2-11(10(13)5-8)16-7-9-6-14-3-4-15-9/h1-6H,7,13H2. The van der Waals surface area contributed by atoms with Crippen LogP contribution in [0.5, 0.6) is 5.75 Å². The number of halogens is 1. The smallest absolute Gasteiger partial charge is 0.142 e. The molecule has 4 nitrogen and oxygen atoms in total. The zero-order valence-electron chi connectivity index (χ0n) is 8.43. The number of nitrogen functional groups attached to an aromatic ring is 1. The minimum atomic E-state index is 0.333. The third kappa shape index (κ3) is 2.61. The number of benzene rings is 1. The molecule has 1 aromatic heterocycles. The summed E-state index contributed by atoms with van der Waals surface area (Å²) in [6.45, 7) is 0.333. The third-order valence-corrected chi connectivity index (χ3v) is 2.20. The number of aromatic nitrogens is 2. The van der Waals surface area contributed by atoms with Crippen LogP contribution < -0.4 is 10.5 Å². The van der Waals surface area contributed by atoms with Gasteiger partial charge >= 0.3 is 0 Å². The van der Waals surface area contributed by atoms with E-state index >= 15 is 0 Å². The van der Waals surface area contributed by atoms with E-state index in [1.54, 1.807) is 36.8 Å². The summed E-state index contributed by atoms with van der Waals surface area (Å²) in [5.41, 5.74) is 7.00. The predicted octanol–water partition coefficient (Wildman–Crippen LogP) is 2.29. The zero-order valence-corrected chi connectivity index (χ0v) is 9.19. The van der Waals surface area contributed by atoms with Gasteiger partial charge in [0.05, 0.1) is 17.6 Å². The van der Waals surface area contributed by atoms with Crippen molar-refractivity contribution in [3.05, 3.63) is 47.5 Å². The lowest BCUT2D eigenvalue weighted by Gasteiger charge is -2.08. The van der Waals surface area contributed by atoms with Gasteiger partial charge in [-0.15, -0.1) is 0 Å². The van der Waals surface area contributed by atoms with E-state index in [9.17, 15) is 0 Å². The van der Waals surface area contributed by atoms with Gasteiger partial charge in [-0.3, -0.25) is 9.97 Å². The Bertz CT molecular complexity index is 476. The highest BCUT2D eigenvalue weighted by Gasteiger charge is 2.02. The summed E-state index contributed by atoms with van der Waals surface area (Å²) in [7, 11) is 0. The van der Waals surface area contributed by atoms with Crippen molar-refractivity contribution in [2.45, 2.75) is 6.61 Å². The van der Waals surface area contributed by atoms with Crippen LogP contribution in [0.4, 0.5) is 5.69 Å². The Morgan fingerprint density at radius 2 is 2.19 bits per heavy atom. The Morgan fingerprint density at radius 3 is 2.88 bits per heavy atom. The average molecular weight is 236 g/mol. The van der Waals surface area contributed by atoms with E-state index in [4.69, 9.17) is 22.1 Å². The molecule has 82 valence electrons. The third-order valence-electron chi connectivity index (χ3n) is 1.96. The molecule has 16 heavy (non-hydrogen) atoms. The van der Waals surface area contributed by atoms with Gasteiger partial charge in [-0.2, -0.15) is 0 Å². The van der Waals surface area contributed by atoms with Crippen molar-refractivity contribution in [1.29, 1.82) is 0 Å². The molecule has 0 spiro atoms. The number of hydrogen-bond acceptors (Lipinski definition) is 4. The highest BCUT2D eigenvalue weighted by atomic mass is 35.5. The van der Waals surface area contributed by atoms with Gasteiger partial charge in [-0.25, -0.2) is 0 Å². The molecule has 0 amide bonds. The van der Waals surface area contributed by atoms with Crippen LogP contribution >= 0.6 is 11.6 Å². The van der Waals surface area contributed by atoms with Crippen LogP contribution in [0.1, 0.15) is 5.69 Å². The van der Waals surface area contributed by atoms with Crippen molar-refractivity contribution < 1.29 is 4.74 Å². The molecule has 5 heteroatoms. The molecule has 0 aliphatic carbocycles. The number of nitrogens with two attached hydrogens (primary N) is 1. The lowest BCUT2D eigenvalue weighted by Crippen LogP contribution is -2.00. The Balaban J connectivity index is 2.05. The topological polar surface area (TPSA) is 61.0 Å². The molecular formula is C11H10ClN3O. The summed E-state index contributed by atoms with van der Waals surface area (Å²) in [6, 6.07) is 5.10. The normalized spacial score (nSPS) is 10.1. The number of ether oxygens (including phenoxy) is 1. The van der Waals surface area contributed by atoms with Crippen LogP contribution in [0.2, 0.25) is 5.02 Å². The van der Waals surface area contributed by atoms with Crippen molar-refractivity contribution in [2.24, 2.45) is 0 Å². The molecule has 0 fully saturated rings. The first kappa shape index (κ1) is 10.7. The molecule has 0 aliphatic rings. The van der Waals surface area contributed by atoms with E-state index in [-0.39, 0.29) is 0 Å². The maximum atomic E-state index is 5.78. The summed E-state index contributed by atoms with van der Waals surface area (Å²) in [5.74, 6) is 0.593. The van der Waals surface area contributed by atoms with Gasteiger partial charge in [0.1, 0.15) is 12.4 Å². The van der Waals surface area contributed by atoms with Gasteiger partial charge in [0.25, 0.3) is 0 Å². The first-order valence-corrected chi connectivity index (χ1v) is 5.06. The number of hydrogen-bond donors (Lipinski definition) is 1. The van der Waals surface area contributed by atoms with Crippen LogP contribution in [0.3, 0.4) is 0 Å². The van der Waals surface area contributed by atoms with Gasteiger partial charge in [0, 0.05) is 17.4 Å². The second-order valence-electron chi connectivity index (χ2n) is 3.17. The maximum Gasteiger partial charge on any atom is 0.142 e. The van der Waals surface area contributed by atoms with E-state index in [2.05, 4.69) is 9.97 Å². The molecule has 0 atom stereocenters. The molecule has 2 rings (SSSR count). The largest absolute Gasteiger partial charge is 0.485 e. The van der Waals surface area contributed by atoms with Crippen LogP contribution in [0.15, 0.2) is 36.8 Å². The molecule has 0 saturated carbocycles. The van der Waals surface area contributed by atoms with Gasteiger partial charge in [-0.05, 0) is 18.2 Å². The molecule has 0 unspecified atom stereocenters. The summed E-state index contributed by atoms with van der Waals surface area (Å²) in [6.07, 6.45) is 4.87. The Hall–Kier alpha value is -1.81. The monoisotopic (exact) mass is 235 g/mol. The van der Waals surface area contributed by atoms with Crippen LogP contribution in [-0.4, -0.2) is 9.97 Å². The first-order chi connectivity index (χ1) is 7.75. The minimum absolute atomic E-state index is 0.333.